The smallest absolute Gasteiger partial charge is 0.383 e. The molecule has 5 rings (SSSR count). The number of hydrogen-bond acceptors (Lipinski definition) is 9. The minimum Gasteiger partial charge on any atom is -0.383 e. The first kappa shape index (κ1) is 26.8. The predicted molar refractivity (Wildman–Crippen MR) is 137 cm³/mol. The quantitative estimate of drug-likeness (QED) is 0.277. The van der Waals surface area contributed by atoms with Crippen LogP contribution in [0.2, 0.25) is 0 Å². The number of alkyl halides is 3. The minimum atomic E-state index is -4.57. The molecule has 9 nitrogen and oxygen atoms in total. The SMILES string of the molecule is Cc1cc(Nc2nccc(C(F)(F)F)n2)cc(-c2cnc([C@]3(O)CC[C@@H](C(=O)NCc4cnoc4)CC3)s2)c1. The molecule has 13 heteroatoms. The summed E-state index contributed by atoms with van der Waals surface area (Å²) >= 11 is 1.35. The largest absolute Gasteiger partial charge is 0.433 e. The van der Waals surface area contributed by atoms with Crippen LogP contribution in [0, 0.1) is 12.8 Å². The van der Waals surface area contributed by atoms with Gasteiger partial charge < -0.3 is 20.3 Å². The highest BCUT2D eigenvalue weighted by Crippen LogP contribution is 2.43. The molecule has 4 aromatic rings. The van der Waals surface area contributed by atoms with Gasteiger partial charge in [0.15, 0.2) is 0 Å². The van der Waals surface area contributed by atoms with Crippen molar-refractivity contribution in [3.05, 3.63) is 70.9 Å². The summed E-state index contributed by atoms with van der Waals surface area (Å²) in [7, 11) is 0. The number of hydrogen-bond donors (Lipinski definition) is 3. The molecule has 39 heavy (non-hydrogen) atoms. The van der Waals surface area contributed by atoms with Crippen LogP contribution in [0.15, 0.2) is 53.6 Å². The number of carbonyl (C=O) groups excluding carboxylic acids is 1. The Kier molecular flexibility index (Phi) is 7.36. The number of nitrogens with one attached hydrogen (secondary N) is 2. The predicted octanol–water partition coefficient (Wildman–Crippen LogP) is 5.35. The van der Waals surface area contributed by atoms with E-state index in [0.29, 0.717) is 42.9 Å². The van der Waals surface area contributed by atoms with Crippen molar-refractivity contribution < 1.29 is 27.6 Å². The van der Waals surface area contributed by atoms with Crippen LogP contribution in [0.25, 0.3) is 10.4 Å². The normalized spacial score (nSPS) is 19.6. The van der Waals surface area contributed by atoms with E-state index < -0.39 is 17.5 Å². The maximum Gasteiger partial charge on any atom is 0.433 e. The van der Waals surface area contributed by atoms with E-state index in [2.05, 4.69) is 30.7 Å². The lowest BCUT2D eigenvalue weighted by atomic mass is 9.78. The minimum absolute atomic E-state index is 0.0670. The summed E-state index contributed by atoms with van der Waals surface area (Å²) in [6.07, 6.45) is 3.04. The molecule has 0 radical (unpaired) electrons. The molecular formula is C26H25F3N6O3S. The monoisotopic (exact) mass is 558 g/mol. The molecule has 0 unspecified atom stereocenters. The molecule has 0 saturated heterocycles. The van der Waals surface area contributed by atoms with E-state index in [1.807, 2.05) is 13.0 Å². The highest BCUT2D eigenvalue weighted by Gasteiger charge is 2.39. The Bertz CT molecular complexity index is 1450. The van der Waals surface area contributed by atoms with E-state index in [-0.39, 0.29) is 17.8 Å². The molecule has 0 bridgehead atoms. The van der Waals surface area contributed by atoms with E-state index in [9.17, 15) is 23.1 Å². The van der Waals surface area contributed by atoms with Crippen molar-refractivity contribution in [2.75, 3.05) is 5.32 Å². The van der Waals surface area contributed by atoms with Crippen LogP contribution in [0.1, 0.15) is 47.5 Å². The number of carbonyl (C=O) groups is 1. The van der Waals surface area contributed by atoms with Gasteiger partial charge in [-0.1, -0.05) is 11.2 Å². The molecule has 0 aliphatic heterocycles. The molecule has 1 aliphatic rings. The van der Waals surface area contributed by atoms with Crippen LogP contribution in [0.4, 0.5) is 24.8 Å². The van der Waals surface area contributed by atoms with Gasteiger partial charge in [0.25, 0.3) is 0 Å². The third-order valence-electron chi connectivity index (χ3n) is 6.60. The highest BCUT2D eigenvalue weighted by molar-refractivity contribution is 7.15. The number of halogens is 3. The van der Waals surface area contributed by atoms with Crippen molar-refractivity contribution in [3.63, 3.8) is 0 Å². The molecule has 1 aliphatic carbocycles. The Morgan fingerprint density at radius 2 is 2.00 bits per heavy atom. The number of aryl methyl sites for hydroxylation is 1. The number of thiazole rings is 1. The van der Waals surface area contributed by atoms with Gasteiger partial charge in [0.1, 0.15) is 22.6 Å². The summed E-state index contributed by atoms with van der Waals surface area (Å²) in [5.41, 5.74) is 0.798. The zero-order valence-corrected chi connectivity index (χ0v) is 21.6. The first-order chi connectivity index (χ1) is 18.6. The number of benzene rings is 1. The van der Waals surface area contributed by atoms with Crippen molar-refractivity contribution in [1.82, 2.24) is 25.4 Å². The van der Waals surface area contributed by atoms with Crippen LogP contribution < -0.4 is 10.6 Å². The summed E-state index contributed by atoms with van der Waals surface area (Å²) < 4.78 is 43.8. The third kappa shape index (κ3) is 6.25. The number of anilines is 2. The standard InChI is InChI=1S/C26H25F3N6O3S/c1-15-8-18(10-19(9-15)34-24-30-7-4-21(35-24)26(27,28)29)20-13-32-23(39-20)25(37)5-2-17(3-6-25)22(36)31-11-16-12-33-38-14-16/h4,7-10,12-14,17,37H,2-3,5-6,11H2,1H3,(H,31,36)(H,30,34,35)/t17-,25+. The van der Waals surface area contributed by atoms with Gasteiger partial charge >= 0.3 is 6.18 Å². The Balaban J connectivity index is 1.25. The lowest BCUT2D eigenvalue weighted by Crippen LogP contribution is -2.38. The summed E-state index contributed by atoms with van der Waals surface area (Å²) in [6, 6.07) is 6.29. The summed E-state index contributed by atoms with van der Waals surface area (Å²) in [6.45, 7) is 2.21. The molecule has 1 aromatic carbocycles. The maximum atomic E-state index is 13.0. The third-order valence-corrected chi connectivity index (χ3v) is 7.84. The number of nitrogens with zero attached hydrogens (tertiary/aromatic N) is 4. The fourth-order valence-electron chi connectivity index (χ4n) is 4.55. The van der Waals surface area contributed by atoms with E-state index in [1.54, 1.807) is 24.5 Å². The molecule has 1 saturated carbocycles. The Hall–Kier alpha value is -3.84. The first-order valence-electron chi connectivity index (χ1n) is 12.2. The van der Waals surface area contributed by atoms with Crippen LogP contribution in [-0.2, 0) is 23.1 Å². The first-order valence-corrected chi connectivity index (χ1v) is 13.0. The van der Waals surface area contributed by atoms with Crippen molar-refractivity contribution in [2.24, 2.45) is 5.92 Å². The molecule has 1 amide bonds. The molecule has 0 spiro atoms. The van der Waals surface area contributed by atoms with Gasteiger partial charge in [-0.05, 0) is 61.9 Å². The molecule has 3 heterocycles. The number of rotatable bonds is 7. The Morgan fingerprint density at radius 3 is 2.72 bits per heavy atom. The van der Waals surface area contributed by atoms with Crippen molar-refractivity contribution in [1.29, 1.82) is 0 Å². The Morgan fingerprint density at radius 1 is 1.21 bits per heavy atom. The molecular weight excluding hydrogens is 533 g/mol. The second kappa shape index (κ2) is 10.7. The second-order valence-electron chi connectivity index (χ2n) is 9.56. The second-order valence-corrected chi connectivity index (χ2v) is 10.6. The molecule has 204 valence electrons. The number of amides is 1. The average Bonchev–Trinajstić information content (AvgIpc) is 3.60. The van der Waals surface area contributed by atoms with Crippen LogP contribution in [0.5, 0.6) is 0 Å². The summed E-state index contributed by atoms with van der Waals surface area (Å²) in [4.78, 5) is 25.3. The topological polar surface area (TPSA) is 126 Å². The van der Waals surface area contributed by atoms with Gasteiger partial charge in [-0.3, -0.25) is 4.79 Å². The van der Waals surface area contributed by atoms with Gasteiger partial charge in [-0.15, -0.1) is 11.3 Å². The molecule has 3 aromatic heterocycles. The summed E-state index contributed by atoms with van der Waals surface area (Å²) in [5.74, 6) is -0.432. The zero-order valence-electron chi connectivity index (χ0n) is 20.8. The molecule has 3 N–H and O–H groups in total. The van der Waals surface area contributed by atoms with E-state index in [1.165, 1.54) is 17.6 Å². The highest BCUT2D eigenvalue weighted by atomic mass is 32.1. The van der Waals surface area contributed by atoms with E-state index in [0.717, 1.165) is 33.8 Å². The van der Waals surface area contributed by atoms with Gasteiger partial charge in [-0.25, -0.2) is 15.0 Å². The van der Waals surface area contributed by atoms with Crippen molar-refractivity contribution in [3.8, 4) is 10.4 Å². The van der Waals surface area contributed by atoms with E-state index in [4.69, 9.17) is 4.52 Å². The molecule has 0 atom stereocenters. The average molecular weight is 559 g/mol. The van der Waals surface area contributed by atoms with Crippen LogP contribution in [0.3, 0.4) is 0 Å². The Labute approximate surface area is 225 Å². The van der Waals surface area contributed by atoms with Crippen molar-refractivity contribution in [2.45, 2.75) is 50.9 Å². The van der Waals surface area contributed by atoms with Gasteiger partial charge in [0.05, 0.1) is 11.1 Å². The number of aliphatic hydroxyl groups is 1. The van der Waals surface area contributed by atoms with Crippen LogP contribution >= 0.6 is 11.3 Å². The van der Waals surface area contributed by atoms with Crippen LogP contribution in [-0.4, -0.2) is 31.1 Å². The molecule has 1 fully saturated rings. The zero-order chi connectivity index (χ0) is 27.6. The van der Waals surface area contributed by atoms with Crippen molar-refractivity contribution >= 4 is 28.9 Å². The fraction of sp³-hybridized carbons (Fsp3) is 0.346. The lowest BCUT2D eigenvalue weighted by molar-refractivity contribution is -0.141. The lowest BCUT2D eigenvalue weighted by Gasteiger charge is -2.33. The van der Waals surface area contributed by atoms with Gasteiger partial charge in [0.2, 0.25) is 11.9 Å². The summed E-state index contributed by atoms with van der Waals surface area (Å²) in [5, 5.41) is 21.3. The fourth-order valence-corrected chi connectivity index (χ4v) is 5.59. The van der Waals surface area contributed by atoms with Gasteiger partial charge in [0, 0.05) is 36.1 Å². The number of aromatic nitrogens is 4. The maximum absolute atomic E-state index is 13.0. The van der Waals surface area contributed by atoms with Gasteiger partial charge in [-0.2, -0.15) is 13.2 Å². The van der Waals surface area contributed by atoms with E-state index >= 15 is 0 Å².